The van der Waals surface area contributed by atoms with Crippen LogP contribution in [0.25, 0.3) is 0 Å². The summed E-state index contributed by atoms with van der Waals surface area (Å²) in [5, 5.41) is 7.82. The molecule has 0 unspecified atom stereocenters. The van der Waals surface area contributed by atoms with Gasteiger partial charge < -0.3 is 10.2 Å². The molecule has 0 atom stereocenters. The molecule has 0 aromatic carbocycles. The number of hydrogen-bond donors (Lipinski definition) is 1. The highest BCUT2D eigenvalue weighted by Crippen LogP contribution is 2.02. The third-order valence-electron chi connectivity index (χ3n) is 2.43. The van der Waals surface area contributed by atoms with Crippen LogP contribution in [0, 0.1) is 0 Å². The molecule has 1 rings (SSSR count). The van der Waals surface area contributed by atoms with Gasteiger partial charge in [-0.25, -0.2) is 0 Å². The molecule has 0 saturated heterocycles. The number of likely N-dealkylation sites (N-methyl/N-ethyl adjacent to an activating group) is 1. The van der Waals surface area contributed by atoms with Crippen LogP contribution in [-0.2, 0) is 20.0 Å². The Morgan fingerprint density at radius 3 is 2.73 bits per heavy atom. The van der Waals surface area contributed by atoms with Crippen LogP contribution in [0.15, 0.2) is 6.07 Å². The molecule has 0 radical (unpaired) electrons. The van der Waals surface area contributed by atoms with E-state index in [1.807, 2.05) is 11.7 Å². The summed E-state index contributed by atoms with van der Waals surface area (Å²) in [7, 11) is 6.17. The smallest absolute Gasteiger partial charge is 0.0625 e. The molecule has 0 spiro atoms. The van der Waals surface area contributed by atoms with E-state index in [2.05, 4.69) is 42.4 Å². The van der Waals surface area contributed by atoms with Gasteiger partial charge in [0.15, 0.2) is 0 Å². The molecule has 86 valence electrons. The molecule has 1 N–H and O–H groups in total. The Hall–Kier alpha value is -0.870. The SMILES string of the molecule is CCc1cc(CNCCN(C)C)n(C)n1. The fraction of sp³-hybridized carbons (Fsp3) is 0.727. The molecule has 1 heterocycles. The van der Waals surface area contributed by atoms with Crippen LogP contribution in [0.1, 0.15) is 18.3 Å². The van der Waals surface area contributed by atoms with Crippen molar-refractivity contribution in [3.63, 3.8) is 0 Å². The second-order valence-electron chi connectivity index (χ2n) is 4.08. The molecular formula is C11H22N4. The second kappa shape index (κ2) is 5.88. The van der Waals surface area contributed by atoms with E-state index in [1.165, 1.54) is 11.4 Å². The standard InChI is InChI=1S/C11H22N4/c1-5-10-8-11(15(4)13-10)9-12-6-7-14(2)3/h8,12H,5-7,9H2,1-4H3. The molecule has 1 aromatic heterocycles. The van der Waals surface area contributed by atoms with Crippen LogP contribution in [0.4, 0.5) is 0 Å². The largest absolute Gasteiger partial charge is 0.310 e. The Kier molecular flexibility index (Phi) is 4.78. The van der Waals surface area contributed by atoms with Gasteiger partial charge in [-0.2, -0.15) is 5.10 Å². The van der Waals surface area contributed by atoms with Crippen molar-refractivity contribution >= 4 is 0 Å². The lowest BCUT2D eigenvalue weighted by Gasteiger charge is -2.10. The topological polar surface area (TPSA) is 33.1 Å². The molecule has 0 aliphatic carbocycles. The summed E-state index contributed by atoms with van der Waals surface area (Å²) >= 11 is 0. The normalized spacial score (nSPS) is 11.3. The van der Waals surface area contributed by atoms with Crippen molar-refractivity contribution in [3.05, 3.63) is 17.5 Å². The van der Waals surface area contributed by atoms with Crippen molar-refractivity contribution < 1.29 is 0 Å². The molecule has 1 aromatic rings. The van der Waals surface area contributed by atoms with Gasteiger partial charge in [-0.3, -0.25) is 4.68 Å². The van der Waals surface area contributed by atoms with E-state index in [-0.39, 0.29) is 0 Å². The fourth-order valence-electron chi connectivity index (χ4n) is 1.43. The Morgan fingerprint density at radius 1 is 1.47 bits per heavy atom. The Bertz CT molecular complexity index is 291. The van der Waals surface area contributed by atoms with Gasteiger partial charge >= 0.3 is 0 Å². The van der Waals surface area contributed by atoms with E-state index in [4.69, 9.17) is 0 Å². The maximum absolute atomic E-state index is 4.41. The minimum absolute atomic E-state index is 0.900. The predicted octanol–water partition coefficient (Wildman–Crippen LogP) is 0.634. The zero-order valence-corrected chi connectivity index (χ0v) is 10.2. The van der Waals surface area contributed by atoms with Gasteiger partial charge in [0.1, 0.15) is 0 Å². The first-order valence-electron chi connectivity index (χ1n) is 5.50. The molecule has 4 heteroatoms. The average Bonchev–Trinajstić information content (AvgIpc) is 2.54. The zero-order chi connectivity index (χ0) is 11.3. The molecule has 0 bridgehead atoms. The summed E-state index contributed by atoms with van der Waals surface area (Å²) in [5.74, 6) is 0. The summed E-state index contributed by atoms with van der Waals surface area (Å²) in [6.45, 7) is 5.11. The Morgan fingerprint density at radius 2 is 2.20 bits per heavy atom. The molecule has 0 amide bonds. The lowest BCUT2D eigenvalue weighted by molar-refractivity contribution is 0.398. The minimum atomic E-state index is 0.900. The first-order chi connectivity index (χ1) is 7.13. The van der Waals surface area contributed by atoms with Gasteiger partial charge in [-0.1, -0.05) is 6.92 Å². The van der Waals surface area contributed by atoms with Gasteiger partial charge in [-0.05, 0) is 26.6 Å². The van der Waals surface area contributed by atoms with Gasteiger partial charge in [0.25, 0.3) is 0 Å². The summed E-state index contributed by atoms with van der Waals surface area (Å²) in [6.07, 6.45) is 1.01. The number of aryl methyl sites for hydroxylation is 2. The van der Waals surface area contributed by atoms with Gasteiger partial charge in [0.2, 0.25) is 0 Å². The van der Waals surface area contributed by atoms with Crippen LogP contribution < -0.4 is 5.32 Å². The van der Waals surface area contributed by atoms with Crippen LogP contribution in [0.5, 0.6) is 0 Å². The molecule has 15 heavy (non-hydrogen) atoms. The predicted molar refractivity (Wildman–Crippen MR) is 62.8 cm³/mol. The van der Waals surface area contributed by atoms with Gasteiger partial charge in [-0.15, -0.1) is 0 Å². The number of nitrogens with one attached hydrogen (secondary N) is 1. The van der Waals surface area contributed by atoms with E-state index in [9.17, 15) is 0 Å². The maximum Gasteiger partial charge on any atom is 0.0625 e. The van der Waals surface area contributed by atoms with Crippen molar-refractivity contribution in [1.29, 1.82) is 0 Å². The lowest BCUT2D eigenvalue weighted by atomic mass is 10.3. The number of hydrogen-bond acceptors (Lipinski definition) is 3. The van der Waals surface area contributed by atoms with Crippen LogP contribution in [0.3, 0.4) is 0 Å². The lowest BCUT2D eigenvalue weighted by Crippen LogP contribution is -2.26. The molecule has 0 aliphatic heterocycles. The average molecular weight is 210 g/mol. The number of nitrogens with zero attached hydrogens (tertiary/aromatic N) is 3. The monoisotopic (exact) mass is 210 g/mol. The van der Waals surface area contributed by atoms with Crippen molar-refractivity contribution in [3.8, 4) is 0 Å². The van der Waals surface area contributed by atoms with Crippen LogP contribution in [0.2, 0.25) is 0 Å². The highest BCUT2D eigenvalue weighted by Gasteiger charge is 2.02. The highest BCUT2D eigenvalue weighted by molar-refractivity contribution is 5.09. The molecular weight excluding hydrogens is 188 g/mol. The second-order valence-corrected chi connectivity index (χ2v) is 4.08. The van der Waals surface area contributed by atoms with Crippen molar-refractivity contribution in [2.24, 2.45) is 7.05 Å². The van der Waals surface area contributed by atoms with Gasteiger partial charge in [0.05, 0.1) is 11.4 Å². The Labute approximate surface area is 92.3 Å². The molecule has 0 fully saturated rings. The van der Waals surface area contributed by atoms with E-state index in [0.29, 0.717) is 0 Å². The van der Waals surface area contributed by atoms with Crippen LogP contribution >= 0.6 is 0 Å². The van der Waals surface area contributed by atoms with E-state index in [0.717, 1.165) is 26.1 Å². The summed E-state index contributed by atoms with van der Waals surface area (Å²) in [4.78, 5) is 2.17. The minimum Gasteiger partial charge on any atom is -0.310 e. The first kappa shape index (κ1) is 12.2. The fourth-order valence-corrected chi connectivity index (χ4v) is 1.43. The summed E-state index contributed by atoms with van der Waals surface area (Å²) in [6, 6.07) is 2.17. The third-order valence-corrected chi connectivity index (χ3v) is 2.43. The van der Waals surface area contributed by atoms with Gasteiger partial charge in [0, 0.05) is 26.7 Å². The van der Waals surface area contributed by atoms with E-state index in [1.54, 1.807) is 0 Å². The van der Waals surface area contributed by atoms with Crippen molar-refractivity contribution in [2.45, 2.75) is 19.9 Å². The first-order valence-corrected chi connectivity index (χ1v) is 5.50. The summed E-state index contributed by atoms with van der Waals surface area (Å²) in [5.41, 5.74) is 2.42. The van der Waals surface area contributed by atoms with Crippen LogP contribution in [-0.4, -0.2) is 41.9 Å². The maximum atomic E-state index is 4.41. The summed E-state index contributed by atoms with van der Waals surface area (Å²) < 4.78 is 1.96. The number of rotatable bonds is 6. The Balaban J connectivity index is 2.33. The molecule has 0 saturated carbocycles. The number of aromatic nitrogens is 2. The quantitative estimate of drug-likeness (QED) is 0.699. The third kappa shape index (κ3) is 4.01. The van der Waals surface area contributed by atoms with E-state index < -0.39 is 0 Å². The van der Waals surface area contributed by atoms with E-state index >= 15 is 0 Å². The van der Waals surface area contributed by atoms with Crippen molar-refractivity contribution in [1.82, 2.24) is 20.0 Å². The van der Waals surface area contributed by atoms with Crippen molar-refractivity contribution in [2.75, 3.05) is 27.2 Å². The highest BCUT2D eigenvalue weighted by atomic mass is 15.3. The molecule has 0 aliphatic rings. The zero-order valence-electron chi connectivity index (χ0n) is 10.2. The molecule has 4 nitrogen and oxygen atoms in total.